The van der Waals surface area contributed by atoms with Gasteiger partial charge in [-0.2, -0.15) is 5.10 Å². The molecule has 0 radical (unpaired) electrons. The van der Waals surface area contributed by atoms with E-state index in [0.29, 0.717) is 24.1 Å². The average molecular weight is 303 g/mol. The quantitative estimate of drug-likeness (QED) is 0.943. The average Bonchev–Trinajstić information content (AvgIpc) is 2.79. The van der Waals surface area contributed by atoms with Crippen LogP contribution in [0.1, 0.15) is 51.1 Å². The van der Waals surface area contributed by atoms with Crippen LogP contribution in [0.25, 0.3) is 11.0 Å². The second kappa shape index (κ2) is 6.10. The molecule has 0 bridgehead atoms. The summed E-state index contributed by atoms with van der Waals surface area (Å²) in [4.78, 5) is 17.6. The number of nitrogens with zero attached hydrogens (tertiary/aromatic N) is 4. The first-order valence-electron chi connectivity index (χ1n) is 8.32. The summed E-state index contributed by atoms with van der Waals surface area (Å²) in [5, 5.41) is 7.87. The van der Waals surface area contributed by atoms with Crippen molar-refractivity contribution in [3.8, 4) is 0 Å². The summed E-state index contributed by atoms with van der Waals surface area (Å²) < 4.78 is 3.43. The molecule has 120 valence electrons. The molecule has 1 N–H and O–H groups in total. The Morgan fingerprint density at radius 3 is 2.68 bits per heavy atom. The zero-order chi connectivity index (χ0) is 15.7. The Labute approximate surface area is 130 Å². The first-order chi connectivity index (χ1) is 10.6. The Bertz CT molecular complexity index is 724. The van der Waals surface area contributed by atoms with Gasteiger partial charge in [0.05, 0.1) is 5.69 Å². The van der Waals surface area contributed by atoms with Crippen LogP contribution in [0.5, 0.6) is 0 Å². The van der Waals surface area contributed by atoms with Gasteiger partial charge in [0, 0.05) is 19.6 Å². The topological polar surface area (TPSA) is 64.7 Å². The summed E-state index contributed by atoms with van der Waals surface area (Å²) in [5.74, 6) is 0.711. The molecule has 22 heavy (non-hydrogen) atoms. The maximum Gasteiger partial charge on any atom is 0.281 e. The molecule has 0 saturated heterocycles. The van der Waals surface area contributed by atoms with E-state index < -0.39 is 0 Å². The van der Waals surface area contributed by atoms with Crippen molar-refractivity contribution in [2.75, 3.05) is 5.32 Å². The third-order valence-corrected chi connectivity index (χ3v) is 4.50. The van der Waals surface area contributed by atoms with Gasteiger partial charge in [-0.05, 0) is 26.2 Å². The predicted octanol–water partition coefficient (Wildman–Crippen LogP) is 2.59. The number of anilines is 1. The molecule has 1 saturated carbocycles. The smallest absolute Gasteiger partial charge is 0.281 e. The van der Waals surface area contributed by atoms with Gasteiger partial charge in [-0.1, -0.05) is 26.2 Å². The van der Waals surface area contributed by atoms with Crippen LogP contribution in [0.2, 0.25) is 0 Å². The van der Waals surface area contributed by atoms with Gasteiger partial charge in [0.15, 0.2) is 5.52 Å². The van der Waals surface area contributed by atoms with Crippen molar-refractivity contribution in [2.45, 2.75) is 65.0 Å². The normalized spacial score (nSPS) is 16.3. The molecule has 6 heteroatoms. The molecule has 0 unspecified atom stereocenters. The number of hydrogen-bond acceptors (Lipinski definition) is 4. The monoisotopic (exact) mass is 303 g/mol. The van der Waals surface area contributed by atoms with Gasteiger partial charge in [0.25, 0.3) is 5.56 Å². The van der Waals surface area contributed by atoms with Crippen LogP contribution in [-0.4, -0.2) is 25.4 Å². The van der Waals surface area contributed by atoms with Crippen LogP contribution < -0.4 is 10.9 Å². The SMILES string of the molecule is CCCn1c(NC2CCCCC2)nc2c(C)nn(C)c2c1=O. The molecule has 2 heterocycles. The first kappa shape index (κ1) is 15.1. The van der Waals surface area contributed by atoms with Gasteiger partial charge in [0.2, 0.25) is 5.95 Å². The zero-order valence-electron chi connectivity index (χ0n) is 13.7. The van der Waals surface area contributed by atoms with Crippen LogP contribution in [0.4, 0.5) is 5.95 Å². The third-order valence-electron chi connectivity index (χ3n) is 4.50. The summed E-state index contributed by atoms with van der Waals surface area (Å²) >= 11 is 0. The molecule has 0 aliphatic heterocycles. The third kappa shape index (κ3) is 2.62. The van der Waals surface area contributed by atoms with Gasteiger partial charge in [-0.3, -0.25) is 14.0 Å². The molecule has 0 aromatic carbocycles. The molecule has 3 rings (SSSR count). The molecule has 6 nitrogen and oxygen atoms in total. The number of aromatic nitrogens is 4. The van der Waals surface area contributed by atoms with Crippen molar-refractivity contribution < 1.29 is 0 Å². The number of fused-ring (bicyclic) bond motifs is 1. The van der Waals surface area contributed by atoms with Gasteiger partial charge in [-0.15, -0.1) is 0 Å². The lowest BCUT2D eigenvalue weighted by molar-refractivity contribution is 0.457. The molecule has 2 aromatic rings. The van der Waals surface area contributed by atoms with Gasteiger partial charge >= 0.3 is 0 Å². The second-order valence-electron chi connectivity index (χ2n) is 6.28. The van der Waals surface area contributed by atoms with E-state index in [1.807, 2.05) is 14.0 Å². The predicted molar refractivity (Wildman–Crippen MR) is 88.3 cm³/mol. The lowest BCUT2D eigenvalue weighted by Crippen LogP contribution is -2.31. The van der Waals surface area contributed by atoms with Crippen LogP contribution >= 0.6 is 0 Å². The van der Waals surface area contributed by atoms with Crippen LogP contribution in [0, 0.1) is 6.92 Å². The number of rotatable bonds is 4. The van der Waals surface area contributed by atoms with Crippen molar-refractivity contribution in [2.24, 2.45) is 7.05 Å². The summed E-state index contributed by atoms with van der Waals surface area (Å²) in [5.41, 5.74) is 2.14. The van der Waals surface area contributed by atoms with Crippen molar-refractivity contribution >= 4 is 17.0 Å². The van der Waals surface area contributed by atoms with Crippen molar-refractivity contribution in [1.29, 1.82) is 0 Å². The van der Waals surface area contributed by atoms with E-state index in [2.05, 4.69) is 17.3 Å². The molecular weight excluding hydrogens is 278 g/mol. The molecular formula is C16H25N5O. The zero-order valence-corrected chi connectivity index (χ0v) is 13.7. The van der Waals surface area contributed by atoms with Gasteiger partial charge in [-0.25, -0.2) is 4.98 Å². The fourth-order valence-corrected chi connectivity index (χ4v) is 3.38. The lowest BCUT2D eigenvalue weighted by Gasteiger charge is -2.24. The summed E-state index contributed by atoms with van der Waals surface area (Å²) in [7, 11) is 1.81. The first-order valence-corrected chi connectivity index (χ1v) is 8.32. The minimum Gasteiger partial charge on any atom is -0.353 e. The molecule has 1 aliphatic rings. The second-order valence-corrected chi connectivity index (χ2v) is 6.28. The van der Waals surface area contributed by atoms with E-state index >= 15 is 0 Å². The van der Waals surface area contributed by atoms with E-state index in [9.17, 15) is 4.79 Å². The minimum absolute atomic E-state index is 0.00765. The molecule has 0 spiro atoms. The maximum atomic E-state index is 12.8. The maximum absolute atomic E-state index is 12.8. The molecule has 0 amide bonds. The highest BCUT2D eigenvalue weighted by molar-refractivity contribution is 5.77. The Morgan fingerprint density at radius 2 is 2.00 bits per heavy atom. The lowest BCUT2D eigenvalue weighted by atomic mass is 9.96. The summed E-state index contributed by atoms with van der Waals surface area (Å²) in [6.45, 7) is 4.67. The van der Waals surface area contributed by atoms with E-state index in [0.717, 1.165) is 30.5 Å². The molecule has 1 aliphatic carbocycles. The van der Waals surface area contributed by atoms with Crippen molar-refractivity contribution in [1.82, 2.24) is 19.3 Å². The fourth-order valence-electron chi connectivity index (χ4n) is 3.38. The summed E-state index contributed by atoms with van der Waals surface area (Å²) in [6.07, 6.45) is 7.04. The Balaban J connectivity index is 2.08. The molecule has 0 atom stereocenters. The Morgan fingerprint density at radius 1 is 1.27 bits per heavy atom. The van der Waals surface area contributed by atoms with E-state index in [1.54, 1.807) is 9.25 Å². The van der Waals surface area contributed by atoms with Crippen LogP contribution in [0.3, 0.4) is 0 Å². The van der Waals surface area contributed by atoms with Crippen molar-refractivity contribution in [3.63, 3.8) is 0 Å². The minimum atomic E-state index is 0.00765. The molecule has 2 aromatic heterocycles. The van der Waals surface area contributed by atoms with Gasteiger partial charge in [0.1, 0.15) is 5.52 Å². The number of hydrogen-bond donors (Lipinski definition) is 1. The highest BCUT2D eigenvalue weighted by Crippen LogP contribution is 2.22. The standard InChI is InChI=1S/C16H25N5O/c1-4-10-21-15(22)14-13(11(2)19-20(14)3)18-16(21)17-12-8-6-5-7-9-12/h12H,4-10H2,1-3H3,(H,17,18). The molecule has 1 fully saturated rings. The van der Waals surface area contributed by atoms with E-state index in [1.165, 1.54) is 19.3 Å². The number of nitrogens with one attached hydrogen (secondary N) is 1. The van der Waals surface area contributed by atoms with E-state index in [4.69, 9.17) is 4.98 Å². The highest BCUT2D eigenvalue weighted by Gasteiger charge is 2.19. The van der Waals surface area contributed by atoms with Crippen LogP contribution in [0.15, 0.2) is 4.79 Å². The number of aryl methyl sites for hydroxylation is 2. The van der Waals surface area contributed by atoms with E-state index in [-0.39, 0.29) is 5.56 Å². The Hall–Kier alpha value is -1.85. The Kier molecular flexibility index (Phi) is 4.18. The van der Waals surface area contributed by atoms with Crippen LogP contribution in [-0.2, 0) is 13.6 Å². The van der Waals surface area contributed by atoms with Crippen molar-refractivity contribution in [3.05, 3.63) is 16.0 Å². The highest BCUT2D eigenvalue weighted by atomic mass is 16.1. The largest absolute Gasteiger partial charge is 0.353 e. The summed E-state index contributed by atoms with van der Waals surface area (Å²) in [6, 6.07) is 0.429. The fraction of sp³-hybridized carbons (Fsp3) is 0.688. The van der Waals surface area contributed by atoms with Gasteiger partial charge < -0.3 is 5.32 Å².